The van der Waals surface area contributed by atoms with Crippen molar-refractivity contribution in [2.75, 3.05) is 7.11 Å². The Morgan fingerprint density at radius 1 is 1.25 bits per heavy atom. The van der Waals surface area contributed by atoms with Crippen molar-refractivity contribution in [3.63, 3.8) is 0 Å². The van der Waals surface area contributed by atoms with Crippen molar-refractivity contribution >= 4 is 16.8 Å². The first-order valence-corrected chi connectivity index (χ1v) is 7.19. The molecule has 2 aromatic carbocycles. The molecule has 0 bridgehead atoms. The number of methoxy groups -OCH3 is 1. The molecule has 1 amide bonds. The minimum atomic E-state index is -0.583. The van der Waals surface area contributed by atoms with Gasteiger partial charge in [0.15, 0.2) is 0 Å². The van der Waals surface area contributed by atoms with E-state index >= 15 is 0 Å². The summed E-state index contributed by atoms with van der Waals surface area (Å²) in [5, 5.41) is 9.11. The fraction of sp³-hybridized carbons (Fsp3) is 0.118. The number of carbonyl (C=O) groups is 1. The highest BCUT2D eigenvalue weighted by Crippen LogP contribution is 2.16. The average Bonchev–Trinajstić information content (AvgIpc) is 2.63. The molecule has 7 nitrogen and oxygen atoms in total. The topological polar surface area (TPSA) is 93.5 Å². The summed E-state index contributed by atoms with van der Waals surface area (Å²) < 4.78 is 6.62. The normalized spacial score (nSPS) is 10.6. The summed E-state index contributed by atoms with van der Waals surface area (Å²) in [5.74, 6) is 0.0601. The number of rotatable bonds is 4. The molecule has 0 unspecified atom stereocenters. The SMILES string of the molecule is COc1ccc2c(=O)n(Cc3ccc(C(=O)NO)cc3)cnc2c1. The van der Waals surface area contributed by atoms with E-state index in [1.807, 2.05) is 0 Å². The summed E-state index contributed by atoms with van der Waals surface area (Å²) >= 11 is 0. The Morgan fingerprint density at radius 3 is 2.67 bits per heavy atom. The van der Waals surface area contributed by atoms with Gasteiger partial charge in [-0.05, 0) is 29.8 Å². The third-order valence-corrected chi connectivity index (χ3v) is 3.70. The first-order valence-electron chi connectivity index (χ1n) is 7.19. The third-order valence-electron chi connectivity index (χ3n) is 3.70. The van der Waals surface area contributed by atoms with E-state index in [1.165, 1.54) is 10.9 Å². The number of carbonyl (C=O) groups excluding carboxylic acids is 1. The van der Waals surface area contributed by atoms with Gasteiger partial charge in [0.1, 0.15) is 5.75 Å². The number of hydroxylamine groups is 1. The van der Waals surface area contributed by atoms with Crippen molar-refractivity contribution in [3.8, 4) is 5.75 Å². The number of ether oxygens (including phenoxy) is 1. The maximum absolute atomic E-state index is 12.5. The molecule has 2 N–H and O–H groups in total. The van der Waals surface area contributed by atoms with Gasteiger partial charge in [-0.3, -0.25) is 19.4 Å². The number of hydrogen-bond acceptors (Lipinski definition) is 5. The second-order valence-electron chi connectivity index (χ2n) is 5.20. The number of nitrogens with one attached hydrogen (secondary N) is 1. The molecule has 24 heavy (non-hydrogen) atoms. The van der Waals surface area contributed by atoms with Crippen LogP contribution in [-0.4, -0.2) is 27.8 Å². The molecular formula is C17H15N3O4. The van der Waals surface area contributed by atoms with Crippen LogP contribution in [0.1, 0.15) is 15.9 Å². The first-order chi connectivity index (χ1) is 11.6. The van der Waals surface area contributed by atoms with E-state index in [4.69, 9.17) is 9.94 Å². The molecule has 1 aromatic heterocycles. The van der Waals surface area contributed by atoms with Crippen LogP contribution in [0.15, 0.2) is 53.6 Å². The Hall–Kier alpha value is -3.19. The predicted octanol–water partition coefficient (Wildman–Crippen LogP) is 1.57. The van der Waals surface area contributed by atoms with E-state index < -0.39 is 5.91 Å². The van der Waals surface area contributed by atoms with Crippen LogP contribution >= 0.6 is 0 Å². The molecule has 0 saturated heterocycles. The standard InChI is InChI=1S/C17H15N3O4/c1-24-13-6-7-14-15(8-13)18-10-20(17(14)22)9-11-2-4-12(5-3-11)16(21)19-23/h2-8,10,23H,9H2,1H3,(H,19,21). The molecule has 0 saturated carbocycles. The summed E-state index contributed by atoms with van der Waals surface area (Å²) in [6.07, 6.45) is 1.48. The van der Waals surface area contributed by atoms with E-state index in [2.05, 4.69) is 4.98 Å². The van der Waals surface area contributed by atoms with Crippen LogP contribution < -0.4 is 15.8 Å². The molecule has 7 heteroatoms. The minimum Gasteiger partial charge on any atom is -0.497 e. The third kappa shape index (κ3) is 2.97. The van der Waals surface area contributed by atoms with Crippen molar-refractivity contribution in [1.29, 1.82) is 0 Å². The van der Waals surface area contributed by atoms with E-state index in [9.17, 15) is 9.59 Å². The highest BCUT2D eigenvalue weighted by atomic mass is 16.5. The number of fused-ring (bicyclic) bond motifs is 1. The molecule has 0 atom stereocenters. The van der Waals surface area contributed by atoms with Crippen molar-refractivity contribution < 1.29 is 14.7 Å². The zero-order valence-corrected chi connectivity index (χ0v) is 12.9. The molecule has 0 aliphatic rings. The lowest BCUT2D eigenvalue weighted by Gasteiger charge is -2.08. The summed E-state index contributed by atoms with van der Waals surface area (Å²) in [7, 11) is 1.56. The van der Waals surface area contributed by atoms with Crippen LogP contribution in [0.5, 0.6) is 5.75 Å². The van der Waals surface area contributed by atoms with Gasteiger partial charge in [0.05, 0.1) is 30.9 Å². The lowest BCUT2D eigenvalue weighted by atomic mass is 10.1. The van der Waals surface area contributed by atoms with Crippen molar-refractivity contribution in [1.82, 2.24) is 15.0 Å². The zero-order chi connectivity index (χ0) is 17.1. The van der Waals surface area contributed by atoms with Gasteiger partial charge in [-0.15, -0.1) is 0 Å². The number of nitrogens with zero attached hydrogens (tertiary/aromatic N) is 2. The maximum Gasteiger partial charge on any atom is 0.274 e. The van der Waals surface area contributed by atoms with Gasteiger partial charge in [0.25, 0.3) is 11.5 Å². The van der Waals surface area contributed by atoms with Crippen LogP contribution in [0.25, 0.3) is 10.9 Å². The van der Waals surface area contributed by atoms with Crippen LogP contribution in [0, 0.1) is 0 Å². The first kappa shape index (κ1) is 15.7. The van der Waals surface area contributed by atoms with E-state index in [0.29, 0.717) is 28.8 Å². The van der Waals surface area contributed by atoms with Gasteiger partial charge in [-0.2, -0.15) is 0 Å². The fourth-order valence-corrected chi connectivity index (χ4v) is 2.40. The van der Waals surface area contributed by atoms with Crippen molar-refractivity contribution in [3.05, 3.63) is 70.3 Å². The average molecular weight is 325 g/mol. The Balaban J connectivity index is 1.91. The minimum absolute atomic E-state index is 0.153. The Kier molecular flexibility index (Phi) is 4.26. The zero-order valence-electron chi connectivity index (χ0n) is 12.9. The van der Waals surface area contributed by atoms with E-state index in [0.717, 1.165) is 5.56 Å². The summed E-state index contributed by atoms with van der Waals surface area (Å²) in [6.45, 7) is 0.328. The monoisotopic (exact) mass is 325 g/mol. The smallest absolute Gasteiger partial charge is 0.274 e. The highest BCUT2D eigenvalue weighted by molar-refractivity contribution is 5.93. The highest BCUT2D eigenvalue weighted by Gasteiger charge is 2.07. The second-order valence-corrected chi connectivity index (χ2v) is 5.20. The largest absolute Gasteiger partial charge is 0.497 e. The van der Waals surface area contributed by atoms with Crippen LogP contribution in [-0.2, 0) is 6.54 Å². The summed E-state index contributed by atoms with van der Waals surface area (Å²) in [5.41, 5.74) is 3.16. The van der Waals surface area contributed by atoms with Gasteiger partial charge in [0, 0.05) is 11.6 Å². The van der Waals surface area contributed by atoms with Crippen LogP contribution in [0.4, 0.5) is 0 Å². The van der Waals surface area contributed by atoms with Crippen LogP contribution in [0.3, 0.4) is 0 Å². The number of aromatic nitrogens is 2. The Morgan fingerprint density at radius 2 is 2.00 bits per heavy atom. The van der Waals surface area contributed by atoms with Gasteiger partial charge < -0.3 is 4.74 Å². The molecule has 0 aliphatic heterocycles. The Bertz CT molecular complexity index is 948. The van der Waals surface area contributed by atoms with Gasteiger partial charge in [0.2, 0.25) is 0 Å². The molecule has 0 fully saturated rings. The maximum atomic E-state index is 12.5. The van der Waals surface area contributed by atoms with Gasteiger partial charge >= 0.3 is 0 Å². The van der Waals surface area contributed by atoms with E-state index in [-0.39, 0.29) is 5.56 Å². The van der Waals surface area contributed by atoms with Gasteiger partial charge in [-0.1, -0.05) is 12.1 Å². The molecule has 0 radical (unpaired) electrons. The molecule has 1 heterocycles. The number of hydrogen-bond donors (Lipinski definition) is 2. The molecule has 0 spiro atoms. The molecule has 3 rings (SSSR count). The Labute approximate surface area is 137 Å². The quantitative estimate of drug-likeness (QED) is 0.561. The second kappa shape index (κ2) is 6.51. The summed E-state index contributed by atoms with van der Waals surface area (Å²) in [6, 6.07) is 11.7. The number of amides is 1. The van der Waals surface area contributed by atoms with Gasteiger partial charge in [-0.25, -0.2) is 10.5 Å². The fourth-order valence-electron chi connectivity index (χ4n) is 2.40. The van der Waals surface area contributed by atoms with E-state index in [1.54, 1.807) is 55.1 Å². The summed E-state index contributed by atoms with van der Waals surface area (Å²) in [4.78, 5) is 28.1. The van der Waals surface area contributed by atoms with Crippen molar-refractivity contribution in [2.24, 2.45) is 0 Å². The van der Waals surface area contributed by atoms with Crippen LogP contribution in [0.2, 0.25) is 0 Å². The molecule has 0 aliphatic carbocycles. The molecule has 122 valence electrons. The lowest BCUT2D eigenvalue weighted by molar-refractivity contribution is 0.0706. The molecule has 3 aromatic rings. The molecular weight excluding hydrogens is 310 g/mol. The predicted molar refractivity (Wildman–Crippen MR) is 87.4 cm³/mol. The lowest BCUT2D eigenvalue weighted by Crippen LogP contribution is -2.21. The number of benzene rings is 2. The van der Waals surface area contributed by atoms with Crippen molar-refractivity contribution in [2.45, 2.75) is 6.54 Å².